The molecule has 2 amide bonds. The molecule has 0 aliphatic carbocycles. The summed E-state index contributed by atoms with van der Waals surface area (Å²) in [5.41, 5.74) is 0.429. The van der Waals surface area contributed by atoms with Gasteiger partial charge in [-0.15, -0.1) is 10.2 Å². The van der Waals surface area contributed by atoms with Crippen molar-refractivity contribution in [2.45, 2.75) is 32.6 Å². The van der Waals surface area contributed by atoms with E-state index in [-0.39, 0.29) is 29.5 Å². The van der Waals surface area contributed by atoms with Gasteiger partial charge in [0.1, 0.15) is 10.8 Å². The monoisotopic (exact) mass is 376 g/mol. The number of amides is 2. The smallest absolute Gasteiger partial charge is 0.253 e. The topological polar surface area (TPSA) is 75.2 Å². The highest BCUT2D eigenvalue weighted by Crippen LogP contribution is 2.25. The van der Waals surface area contributed by atoms with Gasteiger partial charge in [-0.05, 0) is 37.1 Å². The minimum absolute atomic E-state index is 0.145. The van der Waals surface area contributed by atoms with E-state index in [2.05, 4.69) is 15.5 Å². The summed E-state index contributed by atoms with van der Waals surface area (Å²) in [5, 5.41) is 12.2. The molecule has 1 atom stereocenters. The van der Waals surface area contributed by atoms with Crippen LogP contribution in [0.2, 0.25) is 0 Å². The van der Waals surface area contributed by atoms with Gasteiger partial charge in [0.05, 0.1) is 5.92 Å². The van der Waals surface area contributed by atoms with Crippen LogP contribution in [0.1, 0.15) is 48.0 Å². The lowest BCUT2D eigenvalue weighted by Crippen LogP contribution is -2.43. The fourth-order valence-corrected chi connectivity index (χ4v) is 3.63. The van der Waals surface area contributed by atoms with Crippen LogP contribution in [0.3, 0.4) is 0 Å². The third-order valence-electron chi connectivity index (χ3n) is 4.34. The third kappa shape index (κ3) is 4.24. The number of rotatable bonds is 4. The Morgan fingerprint density at radius 3 is 2.65 bits per heavy atom. The minimum atomic E-state index is -0.379. The Morgan fingerprint density at radius 2 is 2.00 bits per heavy atom. The quantitative estimate of drug-likeness (QED) is 0.888. The first-order valence-corrected chi connectivity index (χ1v) is 9.45. The van der Waals surface area contributed by atoms with Crippen LogP contribution in [0, 0.1) is 11.7 Å². The minimum Gasteiger partial charge on any atom is -0.338 e. The Hall–Kier alpha value is -2.35. The van der Waals surface area contributed by atoms with Gasteiger partial charge in [0.25, 0.3) is 5.91 Å². The molecular formula is C18H21FN4O2S. The van der Waals surface area contributed by atoms with Crippen molar-refractivity contribution in [1.82, 2.24) is 15.1 Å². The summed E-state index contributed by atoms with van der Waals surface area (Å²) in [5.74, 6) is -0.736. The maximum Gasteiger partial charge on any atom is 0.253 e. The molecule has 1 N–H and O–H groups in total. The third-order valence-corrected chi connectivity index (χ3v) is 5.47. The second kappa shape index (κ2) is 7.90. The summed E-state index contributed by atoms with van der Waals surface area (Å²) >= 11 is 1.37. The Kier molecular flexibility index (Phi) is 5.61. The molecule has 8 heteroatoms. The van der Waals surface area contributed by atoms with Crippen molar-refractivity contribution in [2.24, 2.45) is 5.92 Å². The summed E-state index contributed by atoms with van der Waals surface area (Å²) in [4.78, 5) is 26.8. The van der Waals surface area contributed by atoms with E-state index in [0.29, 0.717) is 23.8 Å². The Labute approximate surface area is 155 Å². The number of nitrogens with one attached hydrogen (secondary N) is 1. The Bertz CT molecular complexity index is 791. The molecule has 138 valence electrons. The van der Waals surface area contributed by atoms with Crippen molar-refractivity contribution in [3.63, 3.8) is 0 Å². The average Bonchev–Trinajstić information content (AvgIpc) is 3.11. The molecule has 2 aromatic rings. The summed E-state index contributed by atoms with van der Waals surface area (Å²) in [7, 11) is 0. The van der Waals surface area contributed by atoms with E-state index in [1.54, 1.807) is 4.90 Å². The number of anilines is 1. The molecule has 1 aliphatic heterocycles. The molecule has 0 bridgehead atoms. The van der Waals surface area contributed by atoms with E-state index in [1.165, 1.54) is 35.6 Å². The standard InChI is InChI=1S/C18H21FN4O2S/c1-11(2)16-21-22-18(26-16)20-15(24)13-4-3-9-23(10-13)17(25)12-5-7-14(19)8-6-12/h5-8,11,13H,3-4,9-10H2,1-2H3,(H,20,22,24)/t13-/m1/s1. The van der Waals surface area contributed by atoms with Crippen LogP contribution in [0.25, 0.3) is 0 Å². The molecule has 26 heavy (non-hydrogen) atoms. The molecule has 1 aliphatic rings. The number of benzene rings is 1. The number of likely N-dealkylation sites (tertiary alicyclic amines) is 1. The summed E-state index contributed by atoms with van der Waals surface area (Å²) in [6, 6.07) is 5.47. The molecular weight excluding hydrogens is 355 g/mol. The number of hydrogen-bond donors (Lipinski definition) is 1. The Balaban J connectivity index is 1.62. The van der Waals surface area contributed by atoms with Gasteiger partial charge in [-0.3, -0.25) is 9.59 Å². The van der Waals surface area contributed by atoms with Crippen LogP contribution < -0.4 is 5.32 Å². The lowest BCUT2D eigenvalue weighted by atomic mass is 9.96. The first-order valence-electron chi connectivity index (χ1n) is 8.63. The van der Waals surface area contributed by atoms with Gasteiger partial charge in [0, 0.05) is 24.6 Å². The van der Waals surface area contributed by atoms with Gasteiger partial charge in [-0.2, -0.15) is 0 Å². The number of halogens is 1. The van der Waals surface area contributed by atoms with Gasteiger partial charge >= 0.3 is 0 Å². The number of hydrogen-bond acceptors (Lipinski definition) is 5. The Morgan fingerprint density at radius 1 is 1.27 bits per heavy atom. The number of carbonyl (C=O) groups is 2. The maximum atomic E-state index is 13.0. The molecule has 0 spiro atoms. The summed E-state index contributed by atoms with van der Waals surface area (Å²) in [6.07, 6.45) is 1.47. The first-order chi connectivity index (χ1) is 12.4. The zero-order valence-electron chi connectivity index (χ0n) is 14.7. The van der Waals surface area contributed by atoms with Crippen LogP contribution in [0.4, 0.5) is 9.52 Å². The van der Waals surface area contributed by atoms with Gasteiger partial charge in [0.2, 0.25) is 11.0 Å². The van der Waals surface area contributed by atoms with E-state index < -0.39 is 0 Å². The summed E-state index contributed by atoms with van der Waals surface area (Å²) in [6.45, 7) is 4.98. The fourth-order valence-electron chi connectivity index (χ4n) is 2.88. The molecule has 1 aromatic heterocycles. The van der Waals surface area contributed by atoms with Crippen molar-refractivity contribution >= 4 is 28.3 Å². The van der Waals surface area contributed by atoms with E-state index in [4.69, 9.17) is 0 Å². The first kappa shape index (κ1) is 18.4. The van der Waals surface area contributed by atoms with Gasteiger partial charge in [-0.1, -0.05) is 25.2 Å². The second-order valence-corrected chi connectivity index (χ2v) is 7.70. The van der Waals surface area contributed by atoms with Crippen molar-refractivity contribution in [1.29, 1.82) is 0 Å². The molecule has 1 saturated heterocycles. The molecule has 1 fully saturated rings. The molecule has 3 rings (SSSR count). The van der Waals surface area contributed by atoms with E-state index in [9.17, 15) is 14.0 Å². The van der Waals surface area contributed by atoms with Crippen LogP contribution in [-0.2, 0) is 4.79 Å². The highest BCUT2D eigenvalue weighted by atomic mass is 32.1. The lowest BCUT2D eigenvalue weighted by molar-refractivity contribution is -0.121. The van der Waals surface area contributed by atoms with Crippen molar-refractivity contribution < 1.29 is 14.0 Å². The van der Waals surface area contributed by atoms with Gasteiger partial charge in [0.15, 0.2) is 0 Å². The zero-order chi connectivity index (χ0) is 18.7. The zero-order valence-corrected chi connectivity index (χ0v) is 15.6. The van der Waals surface area contributed by atoms with Gasteiger partial charge < -0.3 is 10.2 Å². The highest BCUT2D eigenvalue weighted by molar-refractivity contribution is 7.15. The number of aromatic nitrogens is 2. The maximum absolute atomic E-state index is 13.0. The lowest BCUT2D eigenvalue weighted by Gasteiger charge is -2.32. The number of piperidine rings is 1. The molecule has 6 nitrogen and oxygen atoms in total. The molecule has 2 heterocycles. The van der Waals surface area contributed by atoms with Crippen molar-refractivity contribution in [3.8, 4) is 0 Å². The van der Waals surface area contributed by atoms with E-state index >= 15 is 0 Å². The van der Waals surface area contributed by atoms with Gasteiger partial charge in [-0.25, -0.2) is 4.39 Å². The predicted molar refractivity (Wildman–Crippen MR) is 97.7 cm³/mol. The normalized spacial score (nSPS) is 17.4. The van der Waals surface area contributed by atoms with E-state index in [1.807, 2.05) is 13.8 Å². The molecule has 0 unspecified atom stereocenters. The number of nitrogens with zero attached hydrogens (tertiary/aromatic N) is 3. The molecule has 0 radical (unpaired) electrons. The largest absolute Gasteiger partial charge is 0.338 e. The summed E-state index contributed by atoms with van der Waals surface area (Å²) < 4.78 is 13.0. The fraction of sp³-hybridized carbons (Fsp3) is 0.444. The molecule has 1 aromatic carbocycles. The van der Waals surface area contributed by atoms with Crippen LogP contribution in [0.15, 0.2) is 24.3 Å². The van der Waals surface area contributed by atoms with Crippen LogP contribution >= 0.6 is 11.3 Å². The van der Waals surface area contributed by atoms with Crippen LogP contribution in [0.5, 0.6) is 0 Å². The predicted octanol–water partition coefficient (Wildman–Crippen LogP) is 3.29. The van der Waals surface area contributed by atoms with Crippen molar-refractivity contribution in [2.75, 3.05) is 18.4 Å². The SMILES string of the molecule is CC(C)c1nnc(NC(=O)[C@@H]2CCCN(C(=O)c3ccc(F)cc3)C2)s1. The number of carbonyl (C=O) groups excluding carboxylic acids is 2. The molecule has 0 saturated carbocycles. The average molecular weight is 376 g/mol. The van der Waals surface area contributed by atoms with E-state index in [0.717, 1.165) is 17.8 Å². The highest BCUT2D eigenvalue weighted by Gasteiger charge is 2.29. The second-order valence-electron chi connectivity index (χ2n) is 6.69. The van der Waals surface area contributed by atoms with Crippen molar-refractivity contribution in [3.05, 3.63) is 40.7 Å². The van der Waals surface area contributed by atoms with Crippen LogP contribution in [-0.4, -0.2) is 40.0 Å².